The number of nitrogens with zero attached hydrogens (tertiary/aromatic N) is 2. The molecule has 0 atom stereocenters. The van der Waals surface area contributed by atoms with Crippen molar-refractivity contribution in [3.8, 4) is 5.75 Å². The van der Waals surface area contributed by atoms with Crippen molar-refractivity contribution < 1.29 is 17.9 Å². The van der Waals surface area contributed by atoms with E-state index in [9.17, 15) is 18.0 Å². The monoisotopic (exact) mass is 490 g/mol. The molecule has 174 valence electrons. The Morgan fingerprint density at radius 1 is 1.15 bits per heavy atom. The highest BCUT2D eigenvalue weighted by molar-refractivity contribution is 7.92. The summed E-state index contributed by atoms with van der Waals surface area (Å²) in [4.78, 5) is 24.4. The molecule has 1 aromatic heterocycles. The first-order valence-electron chi connectivity index (χ1n) is 10.1. The smallest absolute Gasteiger partial charge is 0.276 e. The number of halogens is 1. The first-order valence-corrected chi connectivity index (χ1v) is 12.0. The van der Waals surface area contributed by atoms with Crippen molar-refractivity contribution >= 4 is 38.9 Å². The van der Waals surface area contributed by atoms with Crippen LogP contribution in [-0.4, -0.2) is 31.2 Å². The predicted octanol–water partition coefficient (Wildman–Crippen LogP) is 3.76. The van der Waals surface area contributed by atoms with Crippen LogP contribution in [0.15, 0.2) is 64.3 Å². The number of nitrogens with one attached hydrogen (secondary N) is 2. The molecule has 0 saturated heterocycles. The number of amides is 1. The summed E-state index contributed by atoms with van der Waals surface area (Å²) in [5.74, 6) is -0.508. The lowest BCUT2D eigenvalue weighted by Gasteiger charge is -2.14. The van der Waals surface area contributed by atoms with E-state index in [4.69, 9.17) is 16.3 Å². The Bertz CT molecular complexity index is 1320. The lowest BCUT2D eigenvalue weighted by atomic mass is 10.3. The zero-order chi connectivity index (χ0) is 24.0. The third-order valence-electron chi connectivity index (χ3n) is 4.65. The van der Waals surface area contributed by atoms with Crippen molar-refractivity contribution in [3.63, 3.8) is 0 Å². The Kier molecular flexibility index (Phi) is 7.72. The second kappa shape index (κ2) is 10.5. The SMILES string of the molecule is CCCCn1nc(C(=O)Nc2ccc(OC)c(S(=O)(=O)Nc3ccccc3Cl)c2)ccc1=O. The lowest BCUT2D eigenvalue weighted by Crippen LogP contribution is -2.26. The predicted molar refractivity (Wildman–Crippen MR) is 127 cm³/mol. The maximum Gasteiger partial charge on any atom is 0.276 e. The topological polar surface area (TPSA) is 119 Å². The maximum absolute atomic E-state index is 13.0. The third kappa shape index (κ3) is 5.91. The van der Waals surface area contributed by atoms with Crippen molar-refractivity contribution in [2.45, 2.75) is 31.2 Å². The molecule has 0 aliphatic carbocycles. The summed E-state index contributed by atoms with van der Waals surface area (Å²) in [6.07, 6.45) is 1.62. The van der Waals surface area contributed by atoms with Crippen LogP contribution in [0.25, 0.3) is 0 Å². The number of para-hydroxylation sites is 1. The molecule has 0 bridgehead atoms. The maximum atomic E-state index is 13.0. The van der Waals surface area contributed by atoms with E-state index in [1.54, 1.807) is 18.2 Å². The number of methoxy groups -OCH3 is 1. The highest BCUT2D eigenvalue weighted by Crippen LogP contribution is 2.30. The van der Waals surface area contributed by atoms with Crippen LogP contribution in [0.4, 0.5) is 11.4 Å². The molecule has 2 aromatic carbocycles. The van der Waals surface area contributed by atoms with E-state index >= 15 is 0 Å². The Hall–Kier alpha value is -3.37. The molecule has 1 amide bonds. The van der Waals surface area contributed by atoms with Crippen LogP contribution in [0.3, 0.4) is 0 Å². The number of ether oxygens (including phenoxy) is 1. The van der Waals surface area contributed by atoms with Gasteiger partial charge in [-0.2, -0.15) is 5.10 Å². The van der Waals surface area contributed by atoms with Crippen molar-refractivity contribution in [2.75, 3.05) is 17.1 Å². The van der Waals surface area contributed by atoms with Gasteiger partial charge in [0, 0.05) is 18.3 Å². The molecule has 0 aliphatic rings. The van der Waals surface area contributed by atoms with Gasteiger partial charge < -0.3 is 10.1 Å². The van der Waals surface area contributed by atoms with Gasteiger partial charge in [0.05, 0.1) is 17.8 Å². The minimum absolute atomic E-state index is 0.0279. The molecule has 2 N–H and O–H groups in total. The number of aryl methyl sites for hydroxylation is 1. The van der Waals surface area contributed by atoms with E-state index in [1.807, 2.05) is 6.92 Å². The summed E-state index contributed by atoms with van der Waals surface area (Å²) in [6.45, 7) is 2.38. The fourth-order valence-electron chi connectivity index (χ4n) is 2.94. The van der Waals surface area contributed by atoms with Crippen molar-refractivity contribution in [1.29, 1.82) is 0 Å². The molecule has 9 nitrogen and oxygen atoms in total. The number of rotatable bonds is 9. The molecule has 0 radical (unpaired) electrons. The fraction of sp³-hybridized carbons (Fsp3) is 0.227. The van der Waals surface area contributed by atoms with E-state index in [2.05, 4.69) is 15.1 Å². The zero-order valence-electron chi connectivity index (χ0n) is 18.0. The number of carbonyl (C=O) groups excluding carboxylic acids is 1. The number of hydrogen-bond acceptors (Lipinski definition) is 6. The first kappa shape index (κ1) is 24.3. The lowest BCUT2D eigenvalue weighted by molar-refractivity contribution is 0.101. The van der Waals surface area contributed by atoms with Crippen LogP contribution in [-0.2, 0) is 16.6 Å². The molecule has 0 fully saturated rings. The quantitative estimate of drug-likeness (QED) is 0.471. The summed E-state index contributed by atoms with van der Waals surface area (Å²) in [7, 11) is -2.76. The van der Waals surface area contributed by atoms with Gasteiger partial charge in [0.25, 0.3) is 21.5 Å². The second-order valence-electron chi connectivity index (χ2n) is 7.04. The average molecular weight is 491 g/mol. The minimum atomic E-state index is -4.10. The van der Waals surface area contributed by atoms with Gasteiger partial charge in [-0.1, -0.05) is 37.1 Å². The second-order valence-corrected chi connectivity index (χ2v) is 9.10. The fourth-order valence-corrected chi connectivity index (χ4v) is 4.46. The van der Waals surface area contributed by atoms with Crippen LogP contribution >= 0.6 is 11.6 Å². The molecule has 33 heavy (non-hydrogen) atoms. The number of anilines is 2. The van der Waals surface area contributed by atoms with Gasteiger partial charge in [0.2, 0.25) is 0 Å². The Morgan fingerprint density at radius 2 is 1.91 bits per heavy atom. The zero-order valence-corrected chi connectivity index (χ0v) is 19.6. The standard InChI is InChI=1S/C22H23ClN4O5S/c1-3-4-13-27-21(28)12-10-18(25-27)22(29)24-15-9-11-19(32-2)20(14-15)33(30,31)26-17-8-6-5-7-16(17)23/h5-12,14,26H,3-4,13H2,1-2H3,(H,24,29). The van der Waals surface area contributed by atoms with Crippen LogP contribution < -0.4 is 20.3 Å². The normalized spacial score (nSPS) is 11.1. The van der Waals surface area contributed by atoms with Crippen molar-refractivity contribution in [1.82, 2.24) is 9.78 Å². The number of aromatic nitrogens is 2. The Labute approximate surface area is 196 Å². The summed E-state index contributed by atoms with van der Waals surface area (Å²) >= 11 is 6.07. The number of carbonyl (C=O) groups is 1. The third-order valence-corrected chi connectivity index (χ3v) is 6.37. The summed E-state index contributed by atoms with van der Waals surface area (Å²) in [6, 6.07) is 13.2. The molecule has 11 heteroatoms. The number of unbranched alkanes of at least 4 members (excludes halogenated alkanes) is 1. The molecule has 0 aliphatic heterocycles. The molecular formula is C22H23ClN4O5S. The van der Waals surface area contributed by atoms with E-state index in [0.717, 1.165) is 12.8 Å². The number of benzene rings is 2. The highest BCUT2D eigenvalue weighted by Gasteiger charge is 2.22. The molecule has 0 saturated carbocycles. The average Bonchev–Trinajstić information content (AvgIpc) is 2.80. The van der Waals surface area contributed by atoms with Gasteiger partial charge in [0.15, 0.2) is 0 Å². The van der Waals surface area contributed by atoms with E-state index < -0.39 is 15.9 Å². The van der Waals surface area contributed by atoms with Crippen LogP contribution in [0.5, 0.6) is 5.75 Å². The van der Waals surface area contributed by atoms with Crippen LogP contribution in [0, 0.1) is 0 Å². The number of hydrogen-bond donors (Lipinski definition) is 2. The van der Waals surface area contributed by atoms with Crippen LogP contribution in [0.2, 0.25) is 5.02 Å². The van der Waals surface area contributed by atoms with E-state index in [1.165, 1.54) is 48.2 Å². The summed E-state index contributed by atoms with van der Waals surface area (Å²) in [5.41, 5.74) is 0.131. The summed E-state index contributed by atoms with van der Waals surface area (Å²) < 4.78 is 34.9. The van der Waals surface area contributed by atoms with Crippen LogP contribution in [0.1, 0.15) is 30.3 Å². The van der Waals surface area contributed by atoms with Gasteiger partial charge in [-0.05, 0) is 42.8 Å². The van der Waals surface area contributed by atoms with Gasteiger partial charge in [-0.25, -0.2) is 13.1 Å². The van der Waals surface area contributed by atoms with E-state index in [0.29, 0.717) is 6.54 Å². The molecule has 0 spiro atoms. The summed E-state index contributed by atoms with van der Waals surface area (Å²) in [5, 5.41) is 6.94. The molecule has 0 unspecified atom stereocenters. The van der Waals surface area contributed by atoms with Gasteiger partial charge in [-0.3, -0.25) is 14.3 Å². The molecule has 1 heterocycles. The van der Waals surface area contributed by atoms with Gasteiger partial charge in [0.1, 0.15) is 16.3 Å². The largest absolute Gasteiger partial charge is 0.495 e. The minimum Gasteiger partial charge on any atom is -0.495 e. The van der Waals surface area contributed by atoms with Crippen molar-refractivity contribution in [3.05, 3.63) is 75.7 Å². The van der Waals surface area contributed by atoms with Gasteiger partial charge in [-0.15, -0.1) is 0 Å². The highest BCUT2D eigenvalue weighted by atomic mass is 35.5. The van der Waals surface area contributed by atoms with Gasteiger partial charge >= 0.3 is 0 Å². The Morgan fingerprint density at radius 3 is 2.61 bits per heavy atom. The van der Waals surface area contributed by atoms with E-state index in [-0.39, 0.29) is 38.3 Å². The molecule has 3 aromatic rings. The number of sulfonamides is 1. The molecule has 3 rings (SSSR count). The molecular weight excluding hydrogens is 468 g/mol. The van der Waals surface area contributed by atoms with Crippen molar-refractivity contribution in [2.24, 2.45) is 0 Å². The first-order chi connectivity index (χ1) is 15.7. The Balaban J connectivity index is 1.89.